The van der Waals surface area contributed by atoms with Gasteiger partial charge in [0.25, 0.3) is 0 Å². The molecule has 51 heavy (non-hydrogen) atoms. The molecule has 0 spiro atoms. The van der Waals surface area contributed by atoms with Crippen LogP contribution in [-0.2, 0) is 20.9 Å². The van der Waals surface area contributed by atoms with E-state index in [4.69, 9.17) is 19.2 Å². The van der Waals surface area contributed by atoms with Gasteiger partial charge in [-0.25, -0.2) is 28.8 Å². The van der Waals surface area contributed by atoms with E-state index in [-0.39, 0.29) is 24.0 Å². The lowest BCUT2D eigenvalue weighted by Crippen LogP contribution is -2.55. The van der Waals surface area contributed by atoms with Crippen LogP contribution < -0.4 is 4.90 Å². The van der Waals surface area contributed by atoms with E-state index in [9.17, 15) is 9.59 Å². The third-order valence-corrected chi connectivity index (χ3v) is 10.8. The first-order valence-electron chi connectivity index (χ1n) is 17.7. The van der Waals surface area contributed by atoms with Crippen molar-refractivity contribution in [1.29, 1.82) is 0 Å². The van der Waals surface area contributed by atoms with E-state index >= 15 is 0 Å². The van der Waals surface area contributed by atoms with Crippen LogP contribution in [0.3, 0.4) is 0 Å². The maximum absolute atomic E-state index is 14.1. The summed E-state index contributed by atoms with van der Waals surface area (Å²) in [5, 5.41) is 9.15. The number of nitrogens with zero attached hydrogens (tertiary/aromatic N) is 9. The number of hydrogen-bond donors (Lipinski definition) is 0. The van der Waals surface area contributed by atoms with Gasteiger partial charge >= 0.3 is 12.1 Å². The van der Waals surface area contributed by atoms with Gasteiger partial charge in [0.05, 0.1) is 31.5 Å². The molecule has 3 amide bonds. The molecule has 2 saturated heterocycles. The van der Waals surface area contributed by atoms with Gasteiger partial charge in [0.1, 0.15) is 24.5 Å². The summed E-state index contributed by atoms with van der Waals surface area (Å²) in [7, 11) is -1.15. The zero-order valence-electron chi connectivity index (χ0n) is 31.1. The highest BCUT2D eigenvalue weighted by Gasteiger charge is 2.43. The fourth-order valence-corrected chi connectivity index (χ4v) is 7.01. The molecule has 2 aliphatic heterocycles. The average Bonchev–Trinajstić information content (AvgIpc) is 3.80. The number of fused-ring (bicyclic) bond motifs is 1. The molecular weight excluding hydrogens is 667 g/mol. The Morgan fingerprint density at radius 3 is 2.55 bits per heavy atom. The molecule has 274 valence electrons. The Labute approximate surface area is 300 Å². The molecule has 2 atom stereocenters. The Bertz CT molecular complexity index is 1830. The molecule has 0 saturated carbocycles. The van der Waals surface area contributed by atoms with Crippen molar-refractivity contribution in [2.45, 2.75) is 84.7 Å². The van der Waals surface area contributed by atoms with Crippen LogP contribution in [0.1, 0.15) is 34.6 Å². The fourth-order valence-electron chi connectivity index (χ4n) is 6.25. The topological polar surface area (TPSA) is 132 Å². The van der Waals surface area contributed by atoms with Crippen LogP contribution in [-0.4, -0.2) is 117 Å². The minimum atomic E-state index is -1.15. The van der Waals surface area contributed by atoms with Crippen LogP contribution in [0.2, 0.25) is 25.7 Å². The predicted octanol–water partition coefficient (Wildman–Crippen LogP) is 5.87. The van der Waals surface area contributed by atoms with E-state index in [1.54, 1.807) is 36.4 Å². The van der Waals surface area contributed by atoms with Crippen LogP contribution >= 0.6 is 0 Å². The quantitative estimate of drug-likeness (QED) is 0.138. The average molecular weight is 718 g/mol. The largest absolute Gasteiger partial charge is 0.444 e. The Morgan fingerprint density at radius 2 is 1.84 bits per heavy atom. The van der Waals surface area contributed by atoms with Gasteiger partial charge in [0.15, 0.2) is 11.5 Å². The Kier molecular flexibility index (Phi) is 10.5. The summed E-state index contributed by atoms with van der Waals surface area (Å²) >= 11 is 0. The number of urea groups is 1. The molecule has 1 aromatic carbocycles. The molecule has 2 aliphatic rings. The summed E-state index contributed by atoms with van der Waals surface area (Å²) in [6.45, 7) is 19.9. The highest BCUT2D eigenvalue weighted by atomic mass is 28.3. The Balaban J connectivity index is 1.18. The van der Waals surface area contributed by atoms with E-state index in [2.05, 4.69) is 48.7 Å². The van der Waals surface area contributed by atoms with Crippen LogP contribution in [0, 0.1) is 5.92 Å². The number of carbonyl (C=O) groups is 2. The van der Waals surface area contributed by atoms with Gasteiger partial charge in [-0.05, 0) is 44.4 Å². The number of carbonyl (C=O) groups excluding carboxylic acids is 2. The van der Waals surface area contributed by atoms with Crippen molar-refractivity contribution in [1.82, 2.24) is 39.2 Å². The lowest BCUT2D eigenvalue weighted by Gasteiger charge is -2.38. The van der Waals surface area contributed by atoms with Crippen molar-refractivity contribution in [2.75, 3.05) is 44.4 Å². The number of anilines is 1. The monoisotopic (exact) mass is 717 g/mol. The summed E-state index contributed by atoms with van der Waals surface area (Å²) < 4.78 is 20.7. The molecule has 0 unspecified atom stereocenters. The van der Waals surface area contributed by atoms with Crippen LogP contribution in [0.5, 0.6) is 0 Å². The molecule has 4 aromatic rings. The van der Waals surface area contributed by atoms with E-state index < -0.39 is 19.8 Å². The number of hydrogen-bond acceptors (Lipinski definition) is 9. The second-order valence-electron chi connectivity index (χ2n) is 15.9. The molecule has 0 N–H and O–H groups in total. The van der Waals surface area contributed by atoms with Crippen LogP contribution in [0.25, 0.3) is 28.2 Å². The number of amides is 3. The molecule has 5 heterocycles. The van der Waals surface area contributed by atoms with Gasteiger partial charge in [-0.1, -0.05) is 57.8 Å². The highest BCUT2D eigenvalue weighted by Crippen LogP contribution is 2.31. The number of ether oxygens (including phenoxy) is 3. The zero-order chi connectivity index (χ0) is 36.5. The minimum absolute atomic E-state index is 0.115. The maximum atomic E-state index is 14.1. The van der Waals surface area contributed by atoms with Gasteiger partial charge in [0.2, 0.25) is 0 Å². The van der Waals surface area contributed by atoms with Gasteiger partial charge in [-0.15, -0.1) is 5.10 Å². The second-order valence-corrected chi connectivity index (χ2v) is 21.5. The normalized spacial score (nSPS) is 18.8. The number of rotatable bonds is 11. The summed E-state index contributed by atoms with van der Waals surface area (Å²) in [5.41, 5.74) is 2.69. The van der Waals surface area contributed by atoms with Crippen molar-refractivity contribution in [3.8, 4) is 22.5 Å². The van der Waals surface area contributed by atoms with Crippen molar-refractivity contribution in [2.24, 2.45) is 5.92 Å². The highest BCUT2D eigenvalue weighted by molar-refractivity contribution is 6.76. The molecule has 2 fully saturated rings. The van der Waals surface area contributed by atoms with Gasteiger partial charge in [-0.3, -0.25) is 9.80 Å². The summed E-state index contributed by atoms with van der Waals surface area (Å²) in [6.07, 6.45) is 4.93. The standard InChI is InChI=1S/C36H51N9O5Si/c1-25(2)30-21-41(20-28-22-48-16-15-43(28)35(47)50-36(3,4)5)34(46)45(30)31-13-14-44-33(39-31)29(19-38-44)26-9-11-27(12-10-26)32-37-23-42(40-32)24-49-17-18-51(6,7)8/h9-14,19,23,25,28,30H,15-18,20-22,24H2,1-8H3/t28-,30-/m1/s1. The molecule has 14 nitrogen and oxygen atoms in total. The Morgan fingerprint density at radius 1 is 1.10 bits per heavy atom. The summed E-state index contributed by atoms with van der Waals surface area (Å²) in [4.78, 5) is 41.9. The van der Waals surface area contributed by atoms with E-state index in [0.717, 1.165) is 29.3 Å². The smallest absolute Gasteiger partial charge is 0.410 e. The zero-order valence-corrected chi connectivity index (χ0v) is 32.1. The van der Waals surface area contributed by atoms with Crippen LogP contribution in [0.4, 0.5) is 15.4 Å². The van der Waals surface area contributed by atoms with Crippen LogP contribution in [0.15, 0.2) is 49.1 Å². The predicted molar refractivity (Wildman–Crippen MR) is 197 cm³/mol. The van der Waals surface area contributed by atoms with Crippen molar-refractivity contribution < 1.29 is 23.8 Å². The van der Waals surface area contributed by atoms with Crippen molar-refractivity contribution in [3.63, 3.8) is 0 Å². The molecule has 0 radical (unpaired) electrons. The molecule has 0 aliphatic carbocycles. The van der Waals surface area contributed by atoms with E-state index in [0.29, 0.717) is 56.9 Å². The lowest BCUT2D eigenvalue weighted by atomic mass is 10.0. The number of benzene rings is 1. The van der Waals surface area contributed by atoms with E-state index in [1.807, 2.05) is 57.3 Å². The summed E-state index contributed by atoms with van der Waals surface area (Å²) in [5.74, 6) is 1.34. The molecule has 6 rings (SSSR count). The first-order valence-corrected chi connectivity index (χ1v) is 21.5. The van der Waals surface area contributed by atoms with E-state index in [1.165, 1.54) is 0 Å². The number of aromatic nitrogens is 6. The molecule has 0 bridgehead atoms. The third kappa shape index (κ3) is 8.59. The SMILES string of the molecule is CC(C)[C@H]1CN(C[C@@H]2COCCN2C(=O)OC(C)(C)C)C(=O)N1c1ccn2ncc(-c3ccc(-c4ncn(COCC[Si](C)(C)C)n4)cc3)c2n1. The van der Waals surface area contributed by atoms with Crippen molar-refractivity contribution >= 4 is 31.7 Å². The lowest BCUT2D eigenvalue weighted by molar-refractivity contribution is -0.0364. The molecule has 3 aromatic heterocycles. The molecular formula is C36H51N9O5Si. The van der Waals surface area contributed by atoms with Gasteiger partial charge in [0, 0.05) is 51.6 Å². The third-order valence-electron chi connectivity index (χ3n) is 9.08. The minimum Gasteiger partial charge on any atom is -0.444 e. The van der Waals surface area contributed by atoms with Gasteiger partial charge < -0.3 is 19.1 Å². The molecule has 15 heteroatoms. The first kappa shape index (κ1) is 36.4. The first-order chi connectivity index (χ1) is 24.2. The van der Waals surface area contributed by atoms with Gasteiger partial charge in [-0.2, -0.15) is 5.10 Å². The maximum Gasteiger partial charge on any atom is 0.410 e. The number of morpholine rings is 1. The Hall–Kier alpha value is -4.34. The fraction of sp³-hybridized carbons (Fsp3) is 0.556. The summed E-state index contributed by atoms with van der Waals surface area (Å²) in [6, 6.07) is 10.3. The van der Waals surface area contributed by atoms with Crippen molar-refractivity contribution in [3.05, 3.63) is 49.1 Å². The second kappa shape index (κ2) is 14.7.